The summed E-state index contributed by atoms with van der Waals surface area (Å²) in [6, 6.07) is 5.10. The zero-order chi connectivity index (χ0) is 15.2. The number of halogens is 2. The lowest BCUT2D eigenvalue weighted by Gasteiger charge is -2.38. The van der Waals surface area contributed by atoms with Gasteiger partial charge in [0.1, 0.15) is 5.69 Å². The van der Waals surface area contributed by atoms with Gasteiger partial charge in [0, 0.05) is 24.8 Å². The van der Waals surface area contributed by atoms with Crippen molar-refractivity contribution >= 4 is 36.6 Å². The molecule has 0 saturated carbocycles. The molecule has 0 radical (unpaired) electrons. The Hall–Kier alpha value is -1.37. The molecule has 2 unspecified atom stereocenters. The zero-order valence-corrected chi connectivity index (χ0v) is 14.7. The smallest absolute Gasteiger partial charge is 0.270 e. The Kier molecular flexibility index (Phi) is 9.79. The second kappa shape index (κ2) is 10.4. The van der Waals surface area contributed by atoms with Crippen LogP contribution in [0.1, 0.15) is 36.7 Å². The summed E-state index contributed by atoms with van der Waals surface area (Å²) in [5, 5.41) is 2.62. The number of hydrogen-bond donors (Lipinski definition) is 2. The van der Waals surface area contributed by atoms with E-state index in [-0.39, 0.29) is 55.3 Å². The van der Waals surface area contributed by atoms with Gasteiger partial charge in [-0.1, -0.05) is 6.07 Å². The molecular formula is C15H24Cl2N4O2. The highest BCUT2D eigenvalue weighted by Crippen LogP contribution is 2.18. The molecular weight excluding hydrogens is 339 g/mol. The Balaban J connectivity index is 0.00000242. The molecule has 0 bridgehead atoms. The van der Waals surface area contributed by atoms with Gasteiger partial charge in [-0.15, -0.1) is 24.8 Å². The van der Waals surface area contributed by atoms with Crippen LogP contribution in [0.4, 0.5) is 0 Å². The van der Waals surface area contributed by atoms with Crippen LogP contribution >= 0.6 is 24.8 Å². The van der Waals surface area contributed by atoms with E-state index < -0.39 is 0 Å². The maximum Gasteiger partial charge on any atom is 0.270 e. The second-order valence-corrected chi connectivity index (χ2v) is 5.41. The number of hydrogen-bond acceptors (Lipinski definition) is 4. The van der Waals surface area contributed by atoms with Gasteiger partial charge in [0.15, 0.2) is 0 Å². The lowest BCUT2D eigenvalue weighted by molar-refractivity contribution is -0.134. The van der Waals surface area contributed by atoms with Crippen molar-refractivity contribution in [1.82, 2.24) is 15.2 Å². The van der Waals surface area contributed by atoms with Crippen molar-refractivity contribution in [2.75, 3.05) is 13.1 Å². The number of nitrogens with two attached hydrogens (primary N) is 1. The van der Waals surface area contributed by atoms with E-state index in [1.54, 1.807) is 29.3 Å². The summed E-state index contributed by atoms with van der Waals surface area (Å²) >= 11 is 0. The van der Waals surface area contributed by atoms with Crippen LogP contribution in [-0.2, 0) is 4.79 Å². The average molecular weight is 363 g/mol. The molecule has 8 heteroatoms. The molecule has 1 saturated heterocycles. The molecule has 2 heterocycles. The van der Waals surface area contributed by atoms with Gasteiger partial charge in [0.25, 0.3) is 5.91 Å². The molecule has 3 N–H and O–H groups in total. The number of nitrogens with one attached hydrogen (secondary N) is 1. The van der Waals surface area contributed by atoms with E-state index in [0.29, 0.717) is 12.2 Å². The Morgan fingerprint density at radius 3 is 2.74 bits per heavy atom. The number of carbonyl (C=O) groups is 2. The highest BCUT2D eigenvalue weighted by Gasteiger charge is 2.29. The number of aromatic nitrogens is 1. The Labute approximate surface area is 149 Å². The topological polar surface area (TPSA) is 88.3 Å². The van der Waals surface area contributed by atoms with Crippen molar-refractivity contribution < 1.29 is 9.59 Å². The van der Waals surface area contributed by atoms with Gasteiger partial charge < -0.3 is 16.0 Å². The summed E-state index contributed by atoms with van der Waals surface area (Å²) in [6.07, 6.45) is 4.56. The maximum absolute atomic E-state index is 12.3. The highest BCUT2D eigenvalue weighted by molar-refractivity contribution is 5.94. The minimum Gasteiger partial charge on any atom is -0.342 e. The first-order valence-corrected chi connectivity index (χ1v) is 7.34. The van der Waals surface area contributed by atoms with Crippen molar-refractivity contribution in [3.05, 3.63) is 30.1 Å². The fourth-order valence-corrected chi connectivity index (χ4v) is 2.66. The van der Waals surface area contributed by atoms with E-state index in [1.165, 1.54) is 0 Å². The largest absolute Gasteiger partial charge is 0.342 e. The summed E-state index contributed by atoms with van der Waals surface area (Å²) in [5.41, 5.74) is 6.26. The quantitative estimate of drug-likeness (QED) is 0.846. The Bertz CT molecular complexity index is 500. The summed E-state index contributed by atoms with van der Waals surface area (Å²) < 4.78 is 0. The predicted octanol–water partition coefficient (Wildman–Crippen LogP) is 1.38. The summed E-state index contributed by atoms with van der Waals surface area (Å²) in [5.74, 6) is -0.417. The van der Waals surface area contributed by atoms with Crippen LogP contribution in [0.5, 0.6) is 0 Å². The van der Waals surface area contributed by atoms with Crippen LogP contribution in [-0.4, -0.2) is 46.9 Å². The number of nitrogens with zero attached hydrogens (tertiary/aromatic N) is 2. The third-order valence-electron chi connectivity index (χ3n) is 3.77. The molecule has 1 aromatic rings. The standard InChI is InChI=1S/C15H22N4O2.2ClH/c1-11(16)13-7-3-5-9-19(13)14(20)10-18-15(21)12-6-2-4-8-17-12;;/h2,4,6,8,11,13H,3,5,7,9-10,16H2,1H3,(H,18,21);2*1H. The fraction of sp³-hybridized carbons (Fsp3) is 0.533. The van der Waals surface area contributed by atoms with E-state index in [2.05, 4.69) is 10.3 Å². The van der Waals surface area contributed by atoms with Crippen LogP contribution in [0, 0.1) is 0 Å². The first-order valence-electron chi connectivity index (χ1n) is 7.34. The lowest BCUT2D eigenvalue weighted by Crippen LogP contribution is -2.54. The molecule has 1 fully saturated rings. The van der Waals surface area contributed by atoms with Gasteiger partial charge in [0.05, 0.1) is 6.54 Å². The number of likely N-dealkylation sites (tertiary alicyclic amines) is 1. The first-order chi connectivity index (χ1) is 10.1. The molecule has 23 heavy (non-hydrogen) atoms. The van der Waals surface area contributed by atoms with Crippen LogP contribution in [0.3, 0.4) is 0 Å². The highest BCUT2D eigenvalue weighted by atomic mass is 35.5. The van der Waals surface area contributed by atoms with Crippen molar-refractivity contribution in [3.8, 4) is 0 Å². The van der Waals surface area contributed by atoms with Gasteiger partial charge in [-0.3, -0.25) is 14.6 Å². The monoisotopic (exact) mass is 362 g/mol. The van der Waals surface area contributed by atoms with E-state index in [0.717, 1.165) is 19.3 Å². The molecule has 6 nitrogen and oxygen atoms in total. The van der Waals surface area contributed by atoms with E-state index in [9.17, 15) is 9.59 Å². The normalized spacial score (nSPS) is 18.2. The fourth-order valence-electron chi connectivity index (χ4n) is 2.66. The van der Waals surface area contributed by atoms with Crippen molar-refractivity contribution in [3.63, 3.8) is 0 Å². The van der Waals surface area contributed by atoms with Gasteiger partial charge >= 0.3 is 0 Å². The van der Waals surface area contributed by atoms with Crippen LogP contribution in [0.2, 0.25) is 0 Å². The van der Waals surface area contributed by atoms with Crippen LogP contribution in [0.25, 0.3) is 0 Å². The second-order valence-electron chi connectivity index (χ2n) is 5.41. The summed E-state index contributed by atoms with van der Waals surface area (Å²) in [4.78, 5) is 29.9. The summed E-state index contributed by atoms with van der Waals surface area (Å²) in [6.45, 7) is 2.62. The maximum atomic E-state index is 12.3. The molecule has 1 aliphatic rings. The van der Waals surface area contributed by atoms with E-state index >= 15 is 0 Å². The van der Waals surface area contributed by atoms with Gasteiger partial charge in [0.2, 0.25) is 5.91 Å². The van der Waals surface area contributed by atoms with Crippen LogP contribution < -0.4 is 11.1 Å². The number of amides is 2. The predicted molar refractivity (Wildman–Crippen MR) is 94.1 cm³/mol. The van der Waals surface area contributed by atoms with Gasteiger partial charge in [-0.25, -0.2) is 0 Å². The van der Waals surface area contributed by atoms with E-state index in [4.69, 9.17) is 5.73 Å². The third-order valence-corrected chi connectivity index (χ3v) is 3.77. The molecule has 2 atom stereocenters. The number of carbonyl (C=O) groups excluding carboxylic acids is 2. The summed E-state index contributed by atoms with van der Waals surface area (Å²) in [7, 11) is 0. The SMILES string of the molecule is CC(N)C1CCCCN1C(=O)CNC(=O)c1ccccn1.Cl.Cl. The lowest BCUT2D eigenvalue weighted by atomic mass is 9.97. The number of piperidine rings is 1. The molecule has 0 aliphatic carbocycles. The molecule has 2 rings (SSSR count). The Morgan fingerprint density at radius 2 is 2.13 bits per heavy atom. The minimum absolute atomic E-state index is 0. The number of rotatable bonds is 4. The first kappa shape index (κ1) is 21.6. The van der Waals surface area contributed by atoms with E-state index in [1.807, 2.05) is 6.92 Å². The van der Waals surface area contributed by atoms with Crippen LogP contribution in [0.15, 0.2) is 24.4 Å². The van der Waals surface area contributed by atoms with Crippen molar-refractivity contribution in [1.29, 1.82) is 0 Å². The molecule has 0 spiro atoms. The average Bonchev–Trinajstić information content (AvgIpc) is 2.53. The molecule has 2 amide bonds. The minimum atomic E-state index is -0.335. The Morgan fingerprint density at radius 1 is 1.39 bits per heavy atom. The number of pyridine rings is 1. The van der Waals surface area contributed by atoms with Crippen molar-refractivity contribution in [2.24, 2.45) is 5.73 Å². The zero-order valence-electron chi connectivity index (χ0n) is 13.1. The third kappa shape index (κ3) is 5.97. The van der Waals surface area contributed by atoms with Gasteiger partial charge in [-0.05, 0) is 38.3 Å². The molecule has 1 aliphatic heterocycles. The molecule has 0 aromatic carbocycles. The molecule has 1 aromatic heterocycles. The van der Waals surface area contributed by atoms with Gasteiger partial charge in [-0.2, -0.15) is 0 Å². The van der Waals surface area contributed by atoms with Crippen molar-refractivity contribution in [2.45, 2.75) is 38.3 Å². The molecule has 130 valence electrons.